The van der Waals surface area contributed by atoms with Crippen molar-refractivity contribution in [2.45, 2.75) is 20.0 Å². The van der Waals surface area contributed by atoms with Crippen LogP contribution in [0.15, 0.2) is 42.5 Å². The van der Waals surface area contributed by atoms with Crippen molar-refractivity contribution in [3.63, 3.8) is 0 Å². The summed E-state index contributed by atoms with van der Waals surface area (Å²) in [6.07, 6.45) is 0. The first kappa shape index (κ1) is 12.2. The van der Waals surface area contributed by atoms with Crippen molar-refractivity contribution in [2.24, 2.45) is 0 Å². The Labute approximate surface area is 117 Å². The lowest BCUT2D eigenvalue weighted by atomic mass is 10.1. The largest absolute Gasteiger partial charge is 0.362 e. The van der Waals surface area contributed by atoms with Crippen LogP contribution in [0.1, 0.15) is 28.4 Å². The summed E-state index contributed by atoms with van der Waals surface area (Å²) in [6, 6.07) is 13.9. The van der Waals surface area contributed by atoms with Gasteiger partial charge in [-0.25, -0.2) is 0 Å². The molecule has 0 fully saturated rings. The number of hydrogen-bond donors (Lipinski definition) is 0. The van der Waals surface area contributed by atoms with Gasteiger partial charge in [-0.1, -0.05) is 35.9 Å². The number of carbonyl (C=O) groups excluding carboxylic acids is 1. The van der Waals surface area contributed by atoms with E-state index >= 15 is 0 Å². The van der Waals surface area contributed by atoms with Crippen LogP contribution in [0.25, 0.3) is 0 Å². The molecule has 0 unspecified atom stereocenters. The molecule has 0 N–H and O–H groups in total. The van der Waals surface area contributed by atoms with Gasteiger partial charge in [0.1, 0.15) is 0 Å². The molecule has 0 aliphatic carbocycles. The Kier molecular flexibility index (Phi) is 3.03. The zero-order valence-corrected chi connectivity index (χ0v) is 11.4. The second kappa shape index (κ2) is 4.71. The number of anilines is 1. The number of ketones is 1. The van der Waals surface area contributed by atoms with E-state index < -0.39 is 0 Å². The van der Waals surface area contributed by atoms with Gasteiger partial charge in [-0.2, -0.15) is 0 Å². The third-order valence-electron chi connectivity index (χ3n) is 3.54. The molecule has 0 amide bonds. The topological polar surface area (TPSA) is 20.3 Å². The van der Waals surface area contributed by atoms with Crippen LogP contribution in [0.5, 0.6) is 0 Å². The van der Waals surface area contributed by atoms with E-state index in [4.69, 9.17) is 11.6 Å². The summed E-state index contributed by atoms with van der Waals surface area (Å²) in [5.41, 5.74) is 4.33. The molecule has 0 bridgehead atoms. The average molecular weight is 272 g/mol. The number of fused-ring (bicyclic) bond motifs is 1. The van der Waals surface area contributed by atoms with Gasteiger partial charge in [-0.05, 0) is 36.2 Å². The first-order valence-corrected chi connectivity index (χ1v) is 6.65. The minimum Gasteiger partial charge on any atom is -0.362 e. The van der Waals surface area contributed by atoms with Crippen LogP contribution in [0.3, 0.4) is 0 Å². The fourth-order valence-corrected chi connectivity index (χ4v) is 2.79. The molecular formula is C16H14ClNO. The van der Waals surface area contributed by atoms with Gasteiger partial charge in [-0.15, -0.1) is 0 Å². The van der Waals surface area contributed by atoms with Crippen molar-refractivity contribution in [1.82, 2.24) is 0 Å². The van der Waals surface area contributed by atoms with Crippen LogP contribution in [-0.2, 0) is 13.1 Å². The van der Waals surface area contributed by atoms with Gasteiger partial charge >= 0.3 is 0 Å². The second-order valence-corrected chi connectivity index (χ2v) is 5.25. The number of benzene rings is 2. The predicted molar refractivity (Wildman–Crippen MR) is 77.8 cm³/mol. The molecule has 3 heteroatoms. The maximum atomic E-state index is 11.3. The lowest BCUT2D eigenvalue weighted by Gasteiger charge is -2.19. The molecule has 3 rings (SSSR count). The molecule has 0 atom stereocenters. The molecular weight excluding hydrogens is 258 g/mol. The number of carbonyl (C=O) groups is 1. The van der Waals surface area contributed by atoms with E-state index in [-0.39, 0.29) is 5.78 Å². The first-order valence-electron chi connectivity index (χ1n) is 6.27. The molecule has 1 aliphatic rings. The van der Waals surface area contributed by atoms with Crippen LogP contribution in [-0.4, -0.2) is 5.78 Å². The lowest BCUT2D eigenvalue weighted by Crippen LogP contribution is -2.15. The highest BCUT2D eigenvalue weighted by Gasteiger charge is 2.20. The first-order chi connectivity index (χ1) is 9.15. The normalized spacial score (nSPS) is 13.5. The van der Waals surface area contributed by atoms with Crippen LogP contribution in [0.2, 0.25) is 5.02 Å². The Morgan fingerprint density at radius 3 is 2.26 bits per heavy atom. The maximum Gasteiger partial charge on any atom is 0.159 e. The zero-order chi connectivity index (χ0) is 13.4. The van der Waals surface area contributed by atoms with E-state index in [1.54, 1.807) is 13.0 Å². The van der Waals surface area contributed by atoms with Crippen LogP contribution in [0.4, 0.5) is 5.69 Å². The summed E-state index contributed by atoms with van der Waals surface area (Å²) in [7, 11) is 0. The highest BCUT2D eigenvalue weighted by molar-refractivity contribution is 6.33. The smallest absolute Gasteiger partial charge is 0.159 e. The number of nitrogens with zero attached hydrogens (tertiary/aromatic N) is 1. The number of halogens is 1. The number of Topliss-reactive ketones (excluding diaryl/α,β-unsaturated/α-hetero) is 1. The van der Waals surface area contributed by atoms with Gasteiger partial charge < -0.3 is 4.90 Å². The summed E-state index contributed by atoms with van der Waals surface area (Å²) in [5.74, 6) is 0.0400. The summed E-state index contributed by atoms with van der Waals surface area (Å²) in [6.45, 7) is 3.29. The van der Waals surface area contributed by atoms with Gasteiger partial charge in [0.2, 0.25) is 0 Å². The molecule has 2 nitrogen and oxygen atoms in total. The monoisotopic (exact) mass is 271 g/mol. The van der Waals surface area contributed by atoms with Crippen molar-refractivity contribution in [2.75, 3.05) is 4.90 Å². The standard InChI is InChI=1S/C16H14ClNO/c1-11(19)12-6-7-16(15(17)8-12)18-9-13-4-2-3-5-14(13)10-18/h2-8H,9-10H2,1H3. The van der Waals surface area contributed by atoms with E-state index in [1.165, 1.54) is 11.1 Å². The van der Waals surface area contributed by atoms with E-state index in [9.17, 15) is 4.79 Å². The molecule has 1 heterocycles. The number of hydrogen-bond acceptors (Lipinski definition) is 2. The average Bonchev–Trinajstić information content (AvgIpc) is 2.81. The summed E-state index contributed by atoms with van der Waals surface area (Å²) < 4.78 is 0. The van der Waals surface area contributed by atoms with Gasteiger partial charge in [0.15, 0.2) is 5.78 Å². The van der Waals surface area contributed by atoms with Gasteiger partial charge in [0.25, 0.3) is 0 Å². The predicted octanol–water partition coefficient (Wildman–Crippen LogP) is 4.06. The minimum atomic E-state index is 0.0400. The van der Waals surface area contributed by atoms with E-state index in [0.29, 0.717) is 10.6 Å². The van der Waals surface area contributed by atoms with Gasteiger partial charge in [0.05, 0.1) is 10.7 Å². The fraction of sp³-hybridized carbons (Fsp3) is 0.188. The summed E-state index contributed by atoms with van der Waals surface area (Å²) >= 11 is 6.30. The fourth-order valence-electron chi connectivity index (χ4n) is 2.49. The van der Waals surface area contributed by atoms with Crippen LogP contribution in [0, 0.1) is 0 Å². The molecule has 2 aromatic rings. The Bertz CT molecular complexity index is 626. The summed E-state index contributed by atoms with van der Waals surface area (Å²) in [5, 5.41) is 0.639. The van der Waals surface area contributed by atoms with E-state index in [0.717, 1.165) is 18.8 Å². The molecule has 1 aliphatic heterocycles. The molecule has 0 spiro atoms. The molecule has 0 saturated carbocycles. The van der Waals surface area contributed by atoms with Crippen molar-refractivity contribution in [3.8, 4) is 0 Å². The van der Waals surface area contributed by atoms with Crippen molar-refractivity contribution in [3.05, 3.63) is 64.2 Å². The molecule has 0 aromatic heterocycles. The van der Waals surface area contributed by atoms with Crippen LogP contribution >= 0.6 is 11.6 Å². The highest BCUT2D eigenvalue weighted by Crippen LogP contribution is 2.33. The van der Waals surface area contributed by atoms with Crippen molar-refractivity contribution < 1.29 is 4.79 Å². The third-order valence-corrected chi connectivity index (χ3v) is 3.84. The van der Waals surface area contributed by atoms with Crippen molar-refractivity contribution >= 4 is 23.1 Å². The molecule has 0 radical (unpaired) electrons. The van der Waals surface area contributed by atoms with Gasteiger partial charge in [-0.3, -0.25) is 4.79 Å². The Hall–Kier alpha value is -1.80. The SMILES string of the molecule is CC(=O)c1ccc(N2Cc3ccccc3C2)c(Cl)c1. The molecule has 0 saturated heterocycles. The van der Waals surface area contributed by atoms with Crippen LogP contribution < -0.4 is 4.90 Å². The quantitative estimate of drug-likeness (QED) is 0.768. The minimum absolute atomic E-state index is 0.0400. The second-order valence-electron chi connectivity index (χ2n) is 4.85. The Balaban J connectivity index is 1.91. The van der Waals surface area contributed by atoms with E-state index in [2.05, 4.69) is 29.2 Å². The highest BCUT2D eigenvalue weighted by atomic mass is 35.5. The third kappa shape index (κ3) is 2.24. The van der Waals surface area contributed by atoms with E-state index in [1.807, 2.05) is 12.1 Å². The summed E-state index contributed by atoms with van der Waals surface area (Å²) in [4.78, 5) is 13.6. The zero-order valence-electron chi connectivity index (χ0n) is 10.7. The van der Waals surface area contributed by atoms with Gasteiger partial charge in [0, 0.05) is 18.7 Å². The lowest BCUT2D eigenvalue weighted by molar-refractivity contribution is 0.101. The Morgan fingerprint density at radius 2 is 1.74 bits per heavy atom. The molecule has 19 heavy (non-hydrogen) atoms. The molecule has 2 aromatic carbocycles. The van der Waals surface area contributed by atoms with Crippen molar-refractivity contribution in [1.29, 1.82) is 0 Å². The maximum absolute atomic E-state index is 11.3. The molecule has 96 valence electrons. The number of rotatable bonds is 2. The Morgan fingerprint density at radius 1 is 1.11 bits per heavy atom.